The minimum absolute atomic E-state index is 0.207. The summed E-state index contributed by atoms with van der Waals surface area (Å²) in [5, 5.41) is 2.81. The first-order valence-electron chi connectivity index (χ1n) is 8.71. The second kappa shape index (κ2) is 9.80. The summed E-state index contributed by atoms with van der Waals surface area (Å²) in [5.74, 6) is -1.50. The number of thiocarbonyl (C=S) groups is 1. The fraction of sp³-hybridized carbons (Fsp3) is 0.750. The smallest absolute Gasteiger partial charge is 0.246 e. The fourth-order valence-electron chi connectivity index (χ4n) is 2.80. The summed E-state index contributed by atoms with van der Waals surface area (Å²) in [6.45, 7) is 7.98. The van der Waals surface area contributed by atoms with Gasteiger partial charge in [-0.15, -0.1) is 0 Å². The number of hydrogen-bond donors (Lipinski definition) is 2. The Morgan fingerprint density at radius 3 is 2.83 bits per heavy atom. The van der Waals surface area contributed by atoms with Gasteiger partial charge >= 0.3 is 0 Å². The molecule has 8 heteroatoms. The first-order chi connectivity index (χ1) is 11.6. The van der Waals surface area contributed by atoms with Gasteiger partial charge < -0.3 is 15.0 Å². The predicted molar refractivity (Wildman–Crippen MR) is 95.2 cm³/mol. The van der Waals surface area contributed by atoms with Gasteiger partial charge in [-0.2, -0.15) is 0 Å². The van der Waals surface area contributed by atoms with E-state index in [2.05, 4.69) is 10.3 Å². The molecule has 2 rings (SSSR count). The van der Waals surface area contributed by atoms with Crippen LogP contribution in [0.25, 0.3) is 0 Å². The first kappa shape index (κ1) is 19.0. The summed E-state index contributed by atoms with van der Waals surface area (Å²) in [7, 11) is 0. The number of aliphatic imine (C=N–C) groups is 1. The Labute approximate surface area is 148 Å². The predicted octanol–water partition coefficient (Wildman–Crippen LogP) is -0.978. The van der Waals surface area contributed by atoms with Crippen LogP contribution in [0.15, 0.2) is 4.99 Å². The van der Waals surface area contributed by atoms with Crippen LogP contribution in [0.3, 0.4) is 0 Å². The first-order valence-corrected chi connectivity index (χ1v) is 9.11. The number of ether oxygens (including phenoxy) is 1. The van der Waals surface area contributed by atoms with Crippen LogP contribution in [0.4, 0.5) is 0 Å². The number of nitrogens with zero attached hydrogens (tertiary/aromatic N) is 2. The number of nitrogens with one attached hydrogen (secondary N) is 2. The van der Waals surface area contributed by atoms with E-state index in [1.807, 2.05) is 6.92 Å². The highest BCUT2D eigenvalue weighted by Crippen LogP contribution is 2.10. The van der Waals surface area contributed by atoms with Crippen molar-refractivity contribution in [3.05, 3.63) is 0 Å². The molecule has 0 aromatic heterocycles. The molecule has 0 saturated carbocycles. The lowest BCUT2D eigenvalue weighted by Crippen LogP contribution is -3.14. The summed E-state index contributed by atoms with van der Waals surface area (Å²) < 4.78 is 5.33. The summed E-state index contributed by atoms with van der Waals surface area (Å²) >= 11 is 5.09. The minimum atomic E-state index is -0.857. The molecule has 2 heterocycles. The molecule has 2 amide bonds. The summed E-state index contributed by atoms with van der Waals surface area (Å²) in [4.78, 5) is 31.7. The van der Waals surface area contributed by atoms with Crippen LogP contribution in [-0.2, 0) is 14.3 Å². The lowest BCUT2D eigenvalue weighted by Gasteiger charge is -2.30. The Morgan fingerprint density at radius 1 is 1.38 bits per heavy atom. The van der Waals surface area contributed by atoms with Crippen molar-refractivity contribution in [2.45, 2.75) is 26.2 Å². The van der Waals surface area contributed by atoms with Gasteiger partial charge in [-0.1, -0.05) is 13.3 Å². The Morgan fingerprint density at radius 2 is 2.12 bits per heavy atom. The van der Waals surface area contributed by atoms with Gasteiger partial charge in [-0.3, -0.25) is 19.5 Å². The molecular formula is C16H27N4O3S+. The standard InChI is InChI=1S/C16H26N4O3S/c1-2-3-7-20-15(22)13(14(21)18-16(20)24)12-17-5-4-6-19-8-10-23-11-9-19/h12-13H,2-11H2,1H3,(H,18,21,24)/p+1/t13-/m1/s1. The largest absolute Gasteiger partial charge is 0.370 e. The molecule has 2 fully saturated rings. The molecule has 0 aromatic carbocycles. The molecule has 2 aliphatic rings. The van der Waals surface area contributed by atoms with Crippen molar-refractivity contribution >= 4 is 35.4 Å². The van der Waals surface area contributed by atoms with Crippen molar-refractivity contribution in [1.29, 1.82) is 0 Å². The SMILES string of the molecule is CCCCN1C(=O)[C@H](C=NCCC[NH+]2CCOCC2)C(=O)NC1=S. The zero-order valence-corrected chi connectivity index (χ0v) is 15.1. The number of carbonyl (C=O) groups excluding carboxylic acids is 2. The van der Waals surface area contributed by atoms with E-state index in [0.29, 0.717) is 13.1 Å². The van der Waals surface area contributed by atoms with Crippen molar-refractivity contribution in [3.8, 4) is 0 Å². The van der Waals surface area contributed by atoms with Crippen LogP contribution in [0.5, 0.6) is 0 Å². The molecule has 0 radical (unpaired) electrons. The summed E-state index contributed by atoms with van der Waals surface area (Å²) in [6, 6.07) is 0. The van der Waals surface area contributed by atoms with E-state index < -0.39 is 5.92 Å². The van der Waals surface area contributed by atoms with Gasteiger partial charge in [0.1, 0.15) is 13.1 Å². The van der Waals surface area contributed by atoms with E-state index in [9.17, 15) is 9.59 Å². The molecule has 0 aliphatic carbocycles. The molecule has 0 unspecified atom stereocenters. The highest BCUT2D eigenvalue weighted by Gasteiger charge is 2.36. The summed E-state index contributed by atoms with van der Waals surface area (Å²) in [6.07, 6.45) is 4.23. The maximum Gasteiger partial charge on any atom is 0.246 e. The number of morpholine rings is 1. The highest BCUT2D eigenvalue weighted by molar-refractivity contribution is 7.80. The quantitative estimate of drug-likeness (QED) is 0.254. The second-order valence-electron chi connectivity index (χ2n) is 6.14. The van der Waals surface area contributed by atoms with Gasteiger partial charge in [-0.25, -0.2) is 0 Å². The Hall–Kier alpha value is -1.38. The van der Waals surface area contributed by atoms with E-state index in [1.165, 1.54) is 16.0 Å². The van der Waals surface area contributed by atoms with Crippen LogP contribution < -0.4 is 10.2 Å². The lowest BCUT2D eigenvalue weighted by atomic mass is 10.1. The third kappa shape index (κ3) is 5.32. The van der Waals surface area contributed by atoms with Crippen LogP contribution in [-0.4, -0.2) is 74.0 Å². The molecule has 0 spiro atoms. The molecule has 24 heavy (non-hydrogen) atoms. The average Bonchev–Trinajstić information content (AvgIpc) is 2.58. The average molecular weight is 355 g/mol. The monoisotopic (exact) mass is 355 g/mol. The van der Waals surface area contributed by atoms with E-state index >= 15 is 0 Å². The summed E-state index contributed by atoms with van der Waals surface area (Å²) in [5.41, 5.74) is 0. The van der Waals surface area contributed by atoms with E-state index in [-0.39, 0.29) is 16.9 Å². The van der Waals surface area contributed by atoms with Crippen molar-refractivity contribution in [2.24, 2.45) is 10.9 Å². The Bertz CT molecular complexity index is 492. The van der Waals surface area contributed by atoms with E-state index in [4.69, 9.17) is 17.0 Å². The lowest BCUT2D eigenvalue weighted by molar-refractivity contribution is -0.908. The fourth-order valence-corrected chi connectivity index (χ4v) is 3.08. The van der Waals surface area contributed by atoms with Gasteiger partial charge in [0.2, 0.25) is 11.8 Å². The van der Waals surface area contributed by atoms with Crippen molar-refractivity contribution in [1.82, 2.24) is 10.2 Å². The van der Waals surface area contributed by atoms with Gasteiger partial charge in [-0.05, 0) is 18.6 Å². The molecule has 0 aromatic rings. The van der Waals surface area contributed by atoms with Gasteiger partial charge in [0.15, 0.2) is 11.0 Å². The maximum atomic E-state index is 12.4. The van der Waals surface area contributed by atoms with Crippen LogP contribution in [0, 0.1) is 5.92 Å². The highest BCUT2D eigenvalue weighted by atomic mass is 32.1. The Balaban J connectivity index is 1.79. The zero-order chi connectivity index (χ0) is 17.4. The number of hydrogen-bond acceptors (Lipinski definition) is 5. The molecule has 1 atom stereocenters. The van der Waals surface area contributed by atoms with Crippen LogP contribution in [0.2, 0.25) is 0 Å². The maximum absolute atomic E-state index is 12.4. The Kier molecular flexibility index (Phi) is 7.74. The topological polar surface area (TPSA) is 75.4 Å². The number of quaternary nitrogens is 1. The van der Waals surface area contributed by atoms with E-state index in [0.717, 1.165) is 52.1 Å². The number of carbonyl (C=O) groups is 2. The zero-order valence-electron chi connectivity index (χ0n) is 14.3. The normalized spacial score (nSPS) is 23.1. The molecule has 2 N–H and O–H groups in total. The number of rotatable bonds is 8. The van der Waals surface area contributed by atoms with Crippen LogP contribution in [0.1, 0.15) is 26.2 Å². The molecule has 7 nitrogen and oxygen atoms in total. The number of unbranched alkanes of at least 4 members (excludes halogenated alkanes) is 1. The van der Waals surface area contributed by atoms with Crippen LogP contribution >= 0.6 is 12.2 Å². The van der Waals surface area contributed by atoms with Crippen molar-refractivity contribution in [2.75, 3.05) is 45.9 Å². The third-order valence-electron chi connectivity index (χ3n) is 4.30. The number of amides is 2. The van der Waals surface area contributed by atoms with Gasteiger partial charge in [0, 0.05) is 25.7 Å². The van der Waals surface area contributed by atoms with Gasteiger partial charge in [0.25, 0.3) is 0 Å². The third-order valence-corrected chi connectivity index (χ3v) is 4.62. The van der Waals surface area contributed by atoms with E-state index in [1.54, 1.807) is 0 Å². The van der Waals surface area contributed by atoms with Gasteiger partial charge in [0.05, 0.1) is 19.8 Å². The molecule has 134 valence electrons. The molecular weight excluding hydrogens is 328 g/mol. The minimum Gasteiger partial charge on any atom is -0.370 e. The second-order valence-corrected chi connectivity index (χ2v) is 6.52. The van der Waals surface area contributed by atoms with Crippen molar-refractivity contribution < 1.29 is 19.2 Å². The molecule has 2 aliphatic heterocycles. The molecule has 2 saturated heterocycles. The molecule has 0 bridgehead atoms. The van der Waals surface area contributed by atoms with Crippen molar-refractivity contribution in [3.63, 3.8) is 0 Å².